The minimum atomic E-state index is -4.35. The van der Waals surface area contributed by atoms with Crippen LogP contribution in [-0.2, 0) is 6.54 Å². The lowest BCUT2D eigenvalue weighted by Gasteiger charge is -2.33. The molecule has 2 N–H and O–H groups in total. The number of carbonyl (C=O) groups is 1. The quantitative estimate of drug-likeness (QED) is 0.869. The van der Waals surface area contributed by atoms with Crippen LogP contribution in [0.4, 0.5) is 29.5 Å². The zero-order chi connectivity index (χ0) is 18.6. The first-order valence-electron chi connectivity index (χ1n) is 8.37. The van der Waals surface area contributed by atoms with Crippen LogP contribution in [-0.4, -0.2) is 46.0 Å². The molecule has 0 aliphatic carbocycles. The smallest absolute Gasteiger partial charge is 0.381 e. The molecule has 1 aliphatic rings. The van der Waals surface area contributed by atoms with E-state index in [9.17, 15) is 18.0 Å². The van der Waals surface area contributed by atoms with Crippen LogP contribution in [0.25, 0.3) is 0 Å². The number of hydrogen-bond donors (Lipinski definition) is 2. The van der Waals surface area contributed by atoms with Gasteiger partial charge in [-0.05, 0) is 25.0 Å². The highest BCUT2D eigenvalue weighted by atomic mass is 19.4. The molecule has 0 radical (unpaired) electrons. The highest BCUT2D eigenvalue weighted by molar-refractivity contribution is 5.88. The number of likely N-dealkylation sites (tertiary alicyclic amines) is 1. The lowest BCUT2D eigenvalue weighted by molar-refractivity contribution is -0.142. The minimum absolute atomic E-state index is 0.109. The molecule has 1 aliphatic heterocycles. The number of piperidine rings is 1. The van der Waals surface area contributed by atoms with Crippen LogP contribution in [0.5, 0.6) is 0 Å². The number of hydrogen-bond acceptors (Lipinski definition) is 3. The predicted molar refractivity (Wildman–Crippen MR) is 92.0 cm³/mol. The van der Waals surface area contributed by atoms with Crippen molar-refractivity contribution in [3.63, 3.8) is 0 Å². The molecule has 1 atom stereocenters. The molecule has 9 heteroatoms. The van der Waals surface area contributed by atoms with Crippen LogP contribution in [0, 0.1) is 0 Å². The van der Waals surface area contributed by atoms with Gasteiger partial charge in [-0.2, -0.15) is 18.3 Å². The van der Waals surface area contributed by atoms with Crippen molar-refractivity contribution < 1.29 is 18.0 Å². The van der Waals surface area contributed by atoms with Crippen LogP contribution in [0.15, 0.2) is 42.6 Å². The molecule has 1 fully saturated rings. The third-order valence-corrected chi connectivity index (χ3v) is 4.07. The minimum Gasteiger partial charge on any atom is -0.381 e. The molecule has 140 valence electrons. The predicted octanol–water partition coefficient (Wildman–Crippen LogP) is 3.55. The summed E-state index contributed by atoms with van der Waals surface area (Å²) >= 11 is 0. The van der Waals surface area contributed by atoms with E-state index in [-0.39, 0.29) is 17.9 Å². The summed E-state index contributed by atoms with van der Waals surface area (Å²) in [6, 6.07) is 10.9. The van der Waals surface area contributed by atoms with Gasteiger partial charge in [0.05, 0.1) is 0 Å². The average molecular weight is 367 g/mol. The van der Waals surface area contributed by atoms with E-state index in [1.54, 1.807) is 4.90 Å². The summed E-state index contributed by atoms with van der Waals surface area (Å²) in [5, 5.41) is 9.69. The first-order chi connectivity index (χ1) is 12.4. The molecule has 2 amide bonds. The van der Waals surface area contributed by atoms with Crippen LogP contribution in [0.3, 0.4) is 0 Å². The number of para-hydroxylation sites is 1. The van der Waals surface area contributed by atoms with Gasteiger partial charge in [0.25, 0.3) is 0 Å². The summed E-state index contributed by atoms with van der Waals surface area (Å²) in [5.41, 5.74) is 0.991. The lowest BCUT2D eigenvalue weighted by atomic mass is 10.1. The van der Waals surface area contributed by atoms with Gasteiger partial charge in [0, 0.05) is 37.1 Å². The van der Waals surface area contributed by atoms with Crippen LogP contribution in [0.2, 0.25) is 0 Å². The number of urea groups is 1. The molecular weight excluding hydrogens is 347 g/mol. The second-order valence-electron chi connectivity index (χ2n) is 6.24. The number of rotatable bonds is 4. The molecule has 6 nitrogen and oxygen atoms in total. The first-order valence-corrected chi connectivity index (χ1v) is 8.37. The Labute approximate surface area is 149 Å². The SMILES string of the molecule is O=C(Nc1ccn(CC(F)(F)F)n1)N1CCC[C@@H](Nc2ccccc2)C1. The van der Waals surface area contributed by atoms with Gasteiger partial charge >= 0.3 is 12.2 Å². The number of alkyl halides is 3. The number of halogens is 3. The van der Waals surface area contributed by atoms with E-state index < -0.39 is 12.7 Å². The van der Waals surface area contributed by atoms with E-state index in [1.807, 2.05) is 30.3 Å². The Hall–Kier alpha value is -2.71. The van der Waals surface area contributed by atoms with Gasteiger partial charge in [-0.3, -0.25) is 10.00 Å². The fourth-order valence-corrected chi connectivity index (χ4v) is 2.94. The molecule has 3 rings (SSSR count). The summed E-state index contributed by atoms with van der Waals surface area (Å²) in [5.74, 6) is 0.109. The van der Waals surface area contributed by atoms with Crippen molar-refractivity contribution in [2.45, 2.75) is 31.6 Å². The van der Waals surface area contributed by atoms with Crippen molar-refractivity contribution in [1.82, 2.24) is 14.7 Å². The number of nitrogens with one attached hydrogen (secondary N) is 2. The Morgan fingerprint density at radius 1 is 1.23 bits per heavy atom. The number of nitrogens with zero attached hydrogens (tertiary/aromatic N) is 3. The monoisotopic (exact) mass is 367 g/mol. The van der Waals surface area contributed by atoms with Crippen LogP contribution < -0.4 is 10.6 Å². The fraction of sp³-hybridized carbons (Fsp3) is 0.412. The Bertz CT molecular complexity index is 731. The van der Waals surface area contributed by atoms with Crippen LogP contribution >= 0.6 is 0 Å². The number of aromatic nitrogens is 2. The second kappa shape index (κ2) is 7.67. The molecule has 1 aromatic heterocycles. The molecule has 26 heavy (non-hydrogen) atoms. The molecule has 0 saturated carbocycles. The van der Waals surface area contributed by atoms with Crippen LogP contribution in [0.1, 0.15) is 12.8 Å². The van der Waals surface area contributed by atoms with Gasteiger partial charge in [-0.15, -0.1) is 0 Å². The van der Waals surface area contributed by atoms with Gasteiger partial charge in [0.2, 0.25) is 0 Å². The van der Waals surface area contributed by atoms with Gasteiger partial charge in [0.15, 0.2) is 5.82 Å². The zero-order valence-corrected chi connectivity index (χ0v) is 14.0. The molecule has 2 aromatic rings. The van der Waals surface area contributed by atoms with Crippen molar-refractivity contribution >= 4 is 17.5 Å². The Morgan fingerprint density at radius 3 is 2.73 bits per heavy atom. The van der Waals surface area contributed by atoms with Crippen molar-refractivity contribution in [3.8, 4) is 0 Å². The van der Waals surface area contributed by atoms with Crippen molar-refractivity contribution in [1.29, 1.82) is 0 Å². The fourth-order valence-electron chi connectivity index (χ4n) is 2.94. The maximum absolute atomic E-state index is 12.4. The Morgan fingerprint density at radius 2 is 2.00 bits per heavy atom. The van der Waals surface area contributed by atoms with Gasteiger partial charge in [0.1, 0.15) is 6.54 Å². The zero-order valence-electron chi connectivity index (χ0n) is 14.0. The summed E-state index contributed by atoms with van der Waals surface area (Å²) in [7, 11) is 0. The van der Waals surface area contributed by atoms with E-state index >= 15 is 0 Å². The van der Waals surface area contributed by atoms with E-state index in [0.29, 0.717) is 13.1 Å². The molecule has 1 aromatic carbocycles. The van der Waals surface area contributed by atoms with Gasteiger partial charge in [-0.1, -0.05) is 18.2 Å². The number of amides is 2. The van der Waals surface area contributed by atoms with Crippen molar-refractivity contribution in [3.05, 3.63) is 42.6 Å². The first kappa shape index (κ1) is 18.1. The molecule has 0 bridgehead atoms. The maximum atomic E-state index is 12.4. The highest BCUT2D eigenvalue weighted by Crippen LogP contribution is 2.19. The standard InChI is InChI=1S/C17H20F3N5O/c18-17(19,20)12-25-10-8-15(23-25)22-16(26)24-9-4-7-14(11-24)21-13-5-2-1-3-6-13/h1-3,5-6,8,10,14,21H,4,7,9,11-12H2,(H,22,23,26)/t14-/m1/s1. The third-order valence-electron chi connectivity index (χ3n) is 4.07. The summed E-state index contributed by atoms with van der Waals surface area (Å²) in [6.07, 6.45) is -1.37. The Balaban J connectivity index is 1.54. The molecule has 1 saturated heterocycles. The lowest BCUT2D eigenvalue weighted by Crippen LogP contribution is -2.46. The maximum Gasteiger partial charge on any atom is 0.408 e. The van der Waals surface area contributed by atoms with E-state index in [4.69, 9.17) is 0 Å². The van der Waals surface area contributed by atoms with Gasteiger partial charge < -0.3 is 10.2 Å². The highest BCUT2D eigenvalue weighted by Gasteiger charge is 2.29. The topological polar surface area (TPSA) is 62.2 Å². The molecule has 0 spiro atoms. The molecule has 2 heterocycles. The van der Waals surface area contributed by atoms with Gasteiger partial charge in [-0.25, -0.2) is 4.79 Å². The average Bonchev–Trinajstić information content (AvgIpc) is 3.01. The third kappa shape index (κ3) is 5.14. The van der Waals surface area contributed by atoms with E-state index in [2.05, 4.69) is 15.7 Å². The largest absolute Gasteiger partial charge is 0.408 e. The normalized spacial score (nSPS) is 17.8. The summed E-state index contributed by atoms with van der Waals surface area (Å²) < 4.78 is 37.8. The number of anilines is 2. The number of benzene rings is 1. The summed E-state index contributed by atoms with van der Waals surface area (Å²) in [6.45, 7) is -0.0678. The number of carbonyl (C=O) groups excluding carboxylic acids is 1. The molecular formula is C17H20F3N5O. The van der Waals surface area contributed by atoms with Crippen molar-refractivity contribution in [2.75, 3.05) is 23.7 Å². The second-order valence-corrected chi connectivity index (χ2v) is 6.24. The van der Waals surface area contributed by atoms with E-state index in [1.165, 1.54) is 12.3 Å². The Kier molecular flexibility index (Phi) is 5.34. The summed E-state index contributed by atoms with van der Waals surface area (Å²) in [4.78, 5) is 14.0. The van der Waals surface area contributed by atoms with E-state index in [0.717, 1.165) is 23.2 Å². The molecule has 0 unspecified atom stereocenters. The van der Waals surface area contributed by atoms with Crippen molar-refractivity contribution in [2.24, 2.45) is 0 Å².